The van der Waals surface area contributed by atoms with Gasteiger partial charge in [-0.3, -0.25) is 19.3 Å². The summed E-state index contributed by atoms with van der Waals surface area (Å²) >= 11 is 0. The van der Waals surface area contributed by atoms with Crippen molar-refractivity contribution >= 4 is 23.5 Å². The first-order valence-corrected chi connectivity index (χ1v) is 12.1. The molecule has 174 valence electrons. The van der Waals surface area contributed by atoms with Crippen LogP contribution in [0.1, 0.15) is 81.3 Å². The van der Waals surface area contributed by atoms with Crippen molar-refractivity contribution < 1.29 is 14.4 Å². The van der Waals surface area contributed by atoms with E-state index in [0.29, 0.717) is 25.4 Å². The van der Waals surface area contributed by atoms with Crippen LogP contribution < -0.4 is 10.2 Å². The number of rotatable bonds is 5. The van der Waals surface area contributed by atoms with E-state index in [9.17, 15) is 14.4 Å². The Balaban J connectivity index is 1.47. The zero-order valence-electron chi connectivity index (χ0n) is 19.4. The van der Waals surface area contributed by atoms with Crippen molar-refractivity contribution in [3.05, 3.63) is 17.1 Å². The van der Waals surface area contributed by atoms with Gasteiger partial charge in [-0.2, -0.15) is 0 Å². The van der Waals surface area contributed by atoms with Crippen LogP contribution in [0.3, 0.4) is 0 Å². The van der Waals surface area contributed by atoms with Crippen LogP contribution in [-0.4, -0.2) is 58.8 Å². The van der Waals surface area contributed by atoms with Gasteiger partial charge in [-0.15, -0.1) is 0 Å². The Hall–Kier alpha value is -2.51. The first-order chi connectivity index (χ1) is 15.4. The third-order valence-electron chi connectivity index (χ3n) is 7.22. The number of likely N-dealkylation sites (tertiary alicyclic amines) is 1. The van der Waals surface area contributed by atoms with Crippen LogP contribution in [0.5, 0.6) is 0 Å². The molecule has 2 fully saturated rings. The minimum absolute atomic E-state index is 0.0483. The van der Waals surface area contributed by atoms with Gasteiger partial charge in [-0.1, -0.05) is 19.3 Å². The van der Waals surface area contributed by atoms with Crippen LogP contribution in [0.25, 0.3) is 0 Å². The molecule has 0 atom stereocenters. The van der Waals surface area contributed by atoms with E-state index in [0.717, 1.165) is 48.7 Å². The van der Waals surface area contributed by atoms with E-state index < -0.39 is 0 Å². The Kier molecular flexibility index (Phi) is 7.06. The van der Waals surface area contributed by atoms with E-state index >= 15 is 0 Å². The topological polar surface area (TPSA) is 95.5 Å². The van der Waals surface area contributed by atoms with Crippen LogP contribution in [0.2, 0.25) is 0 Å². The molecule has 3 heterocycles. The monoisotopic (exact) mass is 441 g/mol. The summed E-state index contributed by atoms with van der Waals surface area (Å²) in [5.41, 5.74) is 2.10. The first kappa shape index (κ1) is 22.7. The zero-order chi connectivity index (χ0) is 22.7. The normalized spacial score (nSPS) is 20.2. The molecule has 1 aliphatic carbocycles. The lowest BCUT2D eigenvalue weighted by atomic mass is 9.88. The van der Waals surface area contributed by atoms with Gasteiger partial charge in [0.2, 0.25) is 17.7 Å². The maximum absolute atomic E-state index is 12.8. The predicted octanol–water partition coefficient (Wildman–Crippen LogP) is 2.49. The highest BCUT2D eigenvalue weighted by atomic mass is 16.2. The molecule has 1 saturated heterocycles. The molecular formula is C24H35N5O3. The summed E-state index contributed by atoms with van der Waals surface area (Å²) in [6.07, 6.45) is 9.05. The standard InChI is InChI=1S/C24H35N5O3/c1-16-20-8-9-21(31)29(15-18-6-4-3-5-7-18)24(20)27-23(26-16)19-10-12-28(13-11-19)22(32)14-25-17(2)30/h18-19H,3-15H2,1-2H3,(H,25,30). The molecule has 1 aromatic rings. The number of nitrogens with zero attached hydrogens (tertiary/aromatic N) is 4. The molecule has 0 bridgehead atoms. The van der Waals surface area contributed by atoms with E-state index in [1.807, 2.05) is 11.8 Å². The number of hydrogen-bond donors (Lipinski definition) is 1. The number of carbonyl (C=O) groups is 3. The number of anilines is 1. The number of aryl methyl sites for hydroxylation is 1. The molecule has 0 radical (unpaired) electrons. The summed E-state index contributed by atoms with van der Waals surface area (Å²) < 4.78 is 0. The molecule has 32 heavy (non-hydrogen) atoms. The van der Waals surface area contributed by atoms with Crippen molar-refractivity contribution in [2.24, 2.45) is 5.92 Å². The molecule has 1 N–H and O–H groups in total. The van der Waals surface area contributed by atoms with Crippen molar-refractivity contribution in [1.82, 2.24) is 20.2 Å². The lowest BCUT2D eigenvalue weighted by molar-refractivity contribution is -0.133. The second-order valence-electron chi connectivity index (χ2n) is 9.54. The molecule has 8 nitrogen and oxygen atoms in total. The smallest absolute Gasteiger partial charge is 0.241 e. The average molecular weight is 442 g/mol. The summed E-state index contributed by atoms with van der Waals surface area (Å²) in [5.74, 6) is 2.32. The SMILES string of the molecule is CC(=O)NCC(=O)N1CCC(c2nc(C)c3c(n2)N(CC2CCCCC2)C(=O)CC3)CC1. The minimum atomic E-state index is -0.196. The molecule has 3 amide bonds. The molecular weight excluding hydrogens is 406 g/mol. The fourth-order valence-electron chi connectivity index (χ4n) is 5.30. The van der Waals surface area contributed by atoms with Crippen molar-refractivity contribution in [3.63, 3.8) is 0 Å². The number of aromatic nitrogens is 2. The number of carbonyl (C=O) groups excluding carboxylic acids is 3. The highest BCUT2D eigenvalue weighted by molar-refractivity contribution is 5.95. The van der Waals surface area contributed by atoms with Gasteiger partial charge in [0.15, 0.2) is 0 Å². The van der Waals surface area contributed by atoms with Gasteiger partial charge >= 0.3 is 0 Å². The maximum atomic E-state index is 12.8. The molecule has 1 aromatic heterocycles. The van der Waals surface area contributed by atoms with Gasteiger partial charge < -0.3 is 10.2 Å². The van der Waals surface area contributed by atoms with Gasteiger partial charge in [0.05, 0.1) is 6.54 Å². The summed E-state index contributed by atoms with van der Waals surface area (Å²) in [6, 6.07) is 0. The average Bonchev–Trinajstić information content (AvgIpc) is 2.80. The Morgan fingerprint density at radius 2 is 1.75 bits per heavy atom. The van der Waals surface area contributed by atoms with Gasteiger partial charge in [0, 0.05) is 50.2 Å². The highest BCUT2D eigenvalue weighted by Crippen LogP contribution is 2.34. The van der Waals surface area contributed by atoms with Gasteiger partial charge in [0.25, 0.3) is 0 Å². The molecule has 8 heteroatoms. The summed E-state index contributed by atoms with van der Waals surface area (Å²) in [5, 5.41) is 2.58. The Labute approximate surface area is 190 Å². The number of fused-ring (bicyclic) bond motifs is 1. The Morgan fingerprint density at radius 3 is 2.44 bits per heavy atom. The van der Waals surface area contributed by atoms with Crippen molar-refractivity contribution in [2.45, 2.75) is 77.6 Å². The van der Waals surface area contributed by atoms with Crippen LogP contribution in [0, 0.1) is 12.8 Å². The van der Waals surface area contributed by atoms with Crippen LogP contribution in [-0.2, 0) is 20.8 Å². The zero-order valence-corrected chi connectivity index (χ0v) is 19.4. The third kappa shape index (κ3) is 5.10. The van der Waals surface area contributed by atoms with Crippen molar-refractivity contribution in [2.75, 3.05) is 31.1 Å². The van der Waals surface area contributed by atoms with E-state index in [-0.39, 0.29) is 30.2 Å². The maximum Gasteiger partial charge on any atom is 0.241 e. The largest absolute Gasteiger partial charge is 0.347 e. The molecule has 4 rings (SSSR count). The van der Waals surface area contributed by atoms with Gasteiger partial charge in [-0.05, 0) is 44.9 Å². The van der Waals surface area contributed by atoms with Crippen LogP contribution in [0.15, 0.2) is 0 Å². The van der Waals surface area contributed by atoms with E-state index in [4.69, 9.17) is 9.97 Å². The third-order valence-corrected chi connectivity index (χ3v) is 7.22. The lowest BCUT2D eigenvalue weighted by Crippen LogP contribution is -2.44. The molecule has 0 aromatic carbocycles. The van der Waals surface area contributed by atoms with E-state index in [1.54, 1.807) is 4.90 Å². The lowest BCUT2D eigenvalue weighted by Gasteiger charge is -2.35. The van der Waals surface area contributed by atoms with Crippen LogP contribution >= 0.6 is 0 Å². The summed E-state index contributed by atoms with van der Waals surface area (Å²) in [4.78, 5) is 49.8. The Bertz CT molecular complexity index is 873. The van der Waals surface area contributed by atoms with Gasteiger partial charge in [-0.25, -0.2) is 9.97 Å². The van der Waals surface area contributed by atoms with Crippen molar-refractivity contribution in [3.8, 4) is 0 Å². The fourth-order valence-corrected chi connectivity index (χ4v) is 5.30. The summed E-state index contributed by atoms with van der Waals surface area (Å²) in [6.45, 7) is 5.54. The number of amides is 3. The Morgan fingerprint density at radius 1 is 1.03 bits per heavy atom. The van der Waals surface area contributed by atoms with Gasteiger partial charge in [0.1, 0.15) is 11.6 Å². The second kappa shape index (κ2) is 9.96. The molecule has 3 aliphatic rings. The number of hydrogen-bond acceptors (Lipinski definition) is 5. The van der Waals surface area contributed by atoms with E-state index in [2.05, 4.69) is 5.32 Å². The van der Waals surface area contributed by atoms with Crippen molar-refractivity contribution in [1.29, 1.82) is 0 Å². The highest BCUT2D eigenvalue weighted by Gasteiger charge is 2.32. The minimum Gasteiger partial charge on any atom is -0.347 e. The predicted molar refractivity (Wildman–Crippen MR) is 121 cm³/mol. The molecule has 1 saturated carbocycles. The number of nitrogens with one attached hydrogen (secondary N) is 1. The quantitative estimate of drug-likeness (QED) is 0.757. The van der Waals surface area contributed by atoms with E-state index in [1.165, 1.54) is 39.0 Å². The second-order valence-corrected chi connectivity index (χ2v) is 9.54. The molecule has 2 aliphatic heterocycles. The molecule has 0 spiro atoms. The fraction of sp³-hybridized carbons (Fsp3) is 0.708. The summed E-state index contributed by atoms with van der Waals surface area (Å²) in [7, 11) is 0. The first-order valence-electron chi connectivity index (χ1n) is 12.1. The van der Waals surface area contributed by atoms with Crippen LogP contribution in [0.4, 0.5) is 5.82 Å². The molecule has 0 unspecified atom stereocenters. The number of piperidine rings is 1.